The lowest BCUT2D eigenvalue weighted by molar-refractivity contribution is -0.136. The molecule has 1 heterocycles. The average molecular weight is 379 g/mol. The quantitative estimate of drug-likeness (QED) is 0.712. The van der Waals surface area contributed by atoms with E-state index < -0.39 is 23.7 Å². The molecule has 0 spiro atoms. The van der Waals surface area contributed by atoms with Gasteiger partial charge in [-0.3, -0.25) is 9.59 Å². The SMILES string of the molecule is O=C(NC[C@H](O)c1ccc2c(c1)CCO2)C(=O)Nc1ccc(F)c(Cl)c1. The van der Waals surface area contributed by atoms with Gasteiger partial charge >= 0.3 is 11.8 Å². The number of hydrogen-bond acceptors (Lipinski definition) is 4. The van der Waals surface area contributed by atoms with Gasteiger partial charge in [0.05, 0.1) is 17.7 Å². The number of halogens is 2. The van der Waals surface area contributed by atoms with Crippen molar-refractivity contribution >= 4 is 29.1 Å². The third-order valence-corrected chi connectivity index (χ3v) is 4.23. The Hall–Kier alpha value is -2.64. The maximum absolute atomic E-state index is 13.1. The third-order valence-electron chi connectivity index (χ3n) is 3.94. The van der Waals surface area contributed by atoms with E-state index in [1.165, 1.54) is 12.1 Å². The topological polar surface area (TPSA) is 87.7 Å². The molecule has 2 amide bonds. The van der Waals surface area contributed by atoms with E-state index in [0.717, 1.165) is 23.8 Å². The molecule has 0 saturated carbocycles. The lowest BCUT2D eigenvalue weighted by Crippen LogP contribution is -2.37. The van der Waals surface area contributed by atoms with Gasteiger partial charge in [-0.2, -0.15) is 0 Å². The fourth-order valence-electron chi connectivity index (χ4n) is 2.56. The molecule has 0 unspecified atom stereocenters. The van der Waals surface area contributed by atoms with E-state index in [1.807, 2.05) is 6.07 Å². The monoisotopic (exact) mass is 378 g/mol. The molecule has 136 valence electrons. The first-order chi connectivity index (χ1) is 12.4. The Balaban J connectivity index is 1.54. The fourth-order valence-corrected chi connectivity index (χ4v) is 2.74. The summed E-state index contributed by atoms with van der Waals surface area (Å²) in [6.45, 7) is 0.481. The standard InChI is InChI=1S/C18H16ClFN2O4/c19-13-8-12(2-3-14(13)20)22-18(25)17(24)21-9-15(23)10-1-4-16-11(7-10)5-6-26-16/h1-4,7-8,15,23H,5-6,9H2,(H,21,24)(H,22,25)/t15-/m0/s1. The van der Waals surface area contributed by atoms with Crippen molar-refractivity contribution in [3.63, 3.8) is 0 Å². The molecular weight excluding hydrogens is 363 g/mol. The number of aliphatic hydroxyl groups is 1. The van der Waals surface area contributed by atoms with E-state index >= 15 is 0 Å². The molecule has 0 aliphatic carbocycles. The van der Waals surface area contributed by atoms with Gasteiger partial charge in [0.25, 0.3) is 0 Å². The van der Waals surface area contributed by atoms with Crippen molar-refractivity contribution in [1.82, 2.24) is 5.32 Å². The van der Waals surface area contributed by atoms with Crippen molar-refractivity contribution in [2.45, 2.75) is 12.5 Å². The van der Waals surface area contributed by atoms with Crippen LogP contribution in [0.15, 0.2) is 36.4 Å². The first-order valence-electron chi connectivity index (χ1n) is 7.92. The summed E-state index contributed by atoms with van der Waals surface area (Å²) in [5.74, 6) is -1.70. The van der Waals surface area contributed by atoms with Gasteiger partial charge in [0.15, 0.2) is 0 Å². The number of fused-ring (bicyclic) bond motifs is 1. The Kier molecular flexibility index (Phi) is 5.39. The molecule has 0 aromatic heterocycles. The summed E-state index contributed by atoms with van der Waals surface area (Å²) in [7, 11) is 0. The first kappa shape index (κ1) is 18.2. The first-order valence-corrected chi connectivity index (χ1v) is 8.30. The van der Waals surface area contributed by atoms with Crippen LogP contribution < -0.4 is 15.4 Å². The van der Waals surface area contributed by atoms with Gasteiger partial charge < -0.3 is 20.5 Å². The van der Waals surface area contributed by atoms with E-state index in [0.29, 0.717) is 12.2 Å². The molecule has 0 fully saturated rings. The zero-order chi connectivity index (χ0) is 18.7. The van der Waals surface area contributed by atoms with E-state index in [1.54, 1.807) is 12.1 Å². The summed E-state index contributed by atoms with van der Waals surface area (Å²) in [4.78, 5) is 23.7. The summed E-state index contributed by atoms with van der Waals surface area (Å²) in [5.41, 5.74) is 1.81. The minimum Gasteiger partial charge on any atom is -0.493 e. The zero-order valence-corrected chi connectivity index (χ0v) is 14.3. The molecule has 6 nitrogen and oxygen atoms in total. The van der Waals surface area contributed by atoms with Crippen LogP contribution in [0.25, 0.3) is 0 Å². The zero-order valence-electron chi connectivity index (χ0n) is 13.6. The van der Waals surface area contributed by atoms with Crippen molar-refractivity contribution in [3.05, 3.63) is 58.4 Å². The Morgan fingerprint density at radius 3 is 2.81 bits per heavy atom. The van der Waals surface area contributed by atoms with E-state index in [-0.39, 0.29) is 17.3 Å². The van der Waals surface area contributed by atoms with Crippen molar-refractivity contribution in [2.24, 2.45) is 0 Å². The molecule has 1 aliphatic heterocycles. The Bertz CT molecular complexity index is 859. The number of ether oxygens (including phenoxy) is 1. The molecule has 26 heavy (non-hydrogen) atoms. The van der Waals surface area contributed by atoms with Crippen LogP contribution >= 0.6 is 11.6 Å². The van der Waals surface area contributed by atoms with Crippen molar-refractivity contribution in [3.8, 4) is 5.75 Å². The van der Waals surface area contributed by atoms with E-state index in [2.05, 4.69) is 10.6 Å². The molecule has 0 radical (unpaired) electrons. The second-order valence-corrected chi connectivity index (χ2v) is 6.18. The van der Waals surface area contributed by atoms with Gasteiger partial charge in [-0.1, -0.05) is 17.7 Å². The maximum Gasteiger partial charge on any atom is 0.313 e. The van der Waals surface area contributed by atoms with Crippen LogP contribution in [0.4, 0.5) is 10.1 Å². The second-order valence-electron chi connectivity index (χ2n) is 5.77. The summed E-state index contributed by atoms with van der Waals surface area (Å²) < 4.78 is 18.5. The highest BCUT2D eigenvalue weighted by Crippen LogP contribution is 2.28. The molecule has 2 aromatic rings. The Morgan fingerprint density at radius 2 is 2.04 bits per heavy atom. The predicted molar refractivity (Wildman–Crippen MR) is 93.7 cm³/mol. The number of aliphatic hydroxyl groups excluding tert-OH is 1. The van der Waals surface area contributed by atoms with Gasteiger partial charge in [0, 0.05) is 18.7 Å². The molecule has 8 heteroatoms. The fraction of sp³-hybridized carbons (Fsp3) is 0.222. The predicted octanol–water partition coefficient (Wildman–Crippen LogP) is 2.20. The molecule has 2 aromatic carbocycles. The lowest BCUT2D eigenvalue weighted by Gasteiger charge is -2.13. The van der Waals surface area contributed by atoms with Gasteiger partial charge in [-0.25, -0.2) is 4.39 Å². The minimum absolute atomic E-state index is 0.129. The average Bonchev–Trinajstić information content (AvgIpc) is 3.10. The molecule has 0 bridgehead atoms. The lowest BCUT2D eigenvalue weighted by atomic mass is 10.0. The van der Waals surface area contributed by atoms with Crippen LogP contribution in [0.3, 0.4) is 0 Å². The summed E-state index contributed by atoms with van der Waals surface area (Å²) in [6.07, 6.45) is -0.192. The van der Waals surface area contributed by atoms with Gasteiger partial charge in [-0.05, 0) is 41.5 Å². The molecule has 0 saturated heterocycles. The second kappa shape index (κ2) is 7.72. The number of carbonyl (C=O) groups excluding carboxylic acids is 2. The summed E-state index contributed by atoms with van der Waals surface area (Å²) in [6, 6.07) is 8.86. The number of nitrogens with one attached hydrogen (secondary N) is 2. The van der Waals surface area contributed by atoms with Crippen LogP contribution in [-0.4, -0.2) is 30.1 Å². The van der Waals surface area contributed by atoms with E-state index in [4.69, 9.17) is 16.3 Å². The van der Waals surface area contributed by atoms with Crippen molar-refractivity contribution in [1.29, 1.82) is 0 Å². The minimum atomic E-state index is -0.960. The molecule has 3 rings (SSSR count). The molecule has 3 N–H and O–H groups in total. The molecular formula is C18H16ClFN2O4. The van der Waals surface area contributed by atoms with Gasteiger partial charge in [0.2, 0.25) is 0 Å². The smallest absolute Gasteiger partial charge is 0.313 e. The third kappa shape index (κ3) is 4.12. The Morgan fingerprint density at radius 1 is 1.23 bits per heavy atom. The molecule has 1 aliphatic rings. The normalized spacial score (nSPS) is 13.5. The van der Waals surface area contributed by atoms with Crippen LogP contribution in [-0.2, 0) is 16.0 Å². The largest absolute Gasteiger partial charge is 0.493 e. The maximum atomic E-state index is 13.1. The highest BCUT2D eigenvalue weighted by Gasteiger charge is 2.18. The highest BCUT2D eigenvalue weighted by atomic mass is 35.5. The van der Waals surface area contributed by atoms with Crippen LogP contribution in [0.1, 0.15) is 17.2 Å². The number of amides is 2. The molecule has 1 atom stereocenters. The number of hydrogen-bond donors (Lipinski definition) is 3. The van der Waals surface area contributed by atoms with Crippen LogP contribution in [0.2, 0.25) is 5.02 Å². The Labute approximate surface area is 153 Å². The number of benzene rings is 2. The highest BCUT2D eigenvalue weighted by molar-refractivity contribution is 6.39. The van der Waals surface area contributed by atoms with Crippen molar-refractivity contribution in [2.75, 3.05) is 18.5 Å². The number of rotatable bonds is 4. The summed E-state index contributed by atoms with van der Waals surface area (Å²) >= 11 is 5.62. The van der Waals surface area contributed by atoms with Gasteiger partial charge in [0.1, 0.15) is 11.6 Å². The van der Waals surface area contributed by atoms with Gasteiger partial charge in [-0.15, -0.1) is 0 Å². The number of carbonyl (C=O) groups is 2. The van der Waals surface area contributed by atoms with Crippen LogP contribution in [0, 0.1) is 5.82 Å². The van der Waals surface area contributed by atoms with Crippen molar-refractivity contribution < 1.29 is 23.8 Å². The van der Waals surface area contributed by atoms with E-state index in [9.17, 15) is 19.1 Å². The van der Waals surface area contributed by atoms with Crippen LogP contribution in [0.5, 0.6) is 5.75 Å². The summed E-state index contributed by atoms with van der Waals surface area (Å²) in [5, 5.41) is 14.7. The number of anilines is 1.